The van der Waals surface area contributed by atoms with Gasteiger partial charge >= 0.3 is 5.30 Å². The third-order valence-corrected chi connectivity index (χ3v) is 2.63. The first-order valence-electron chi connectivity index (χ1n) is 4.81. The van der Waals surface area contributed by atoms with Gasteiger partial charge < -0.3 is 9.84 Å². The molecule has 14 heavy (non-hydrogen) atoms. The van der Waals surface area contributed by atoms with Crippen LogP contribution in [0.5, 0.6) is 0 Å². The number of hydrogen-bond donors (Lipinski definition) is 1. The summed E-state index contributed by atoms with van der Waals surface area (Å²) in [6.45, 7) is 0. The van der Waals surface area contributed by atoms with Gasteiger partial charge in [-0.25, -0.2) is 4.79 Å². The summed E-state index contributed by atoms with van der Waals surface area (Å²) in [5, 5.41) is 9.13. The Morgan fingerprint density at radius 2 is 2.36 bits per heavy atom. The molecule has 0 saturated heterocycles. The van der Waals surface area contributed by atoms with Crippen molar-refractivity contribution in [3.63, 3.8) is 0 Å². The minimum Gasteiger partial charge on any atom is -0.450 e. The van der Waals surface area contributed by atoms with E-state index in [1.165, 1.54) is 0 Å². The second-order valence-corrected chi connectivity index (χ2v) is 4.10. The number of hydrogen-bond acceptors (Lipinski definition) is 4. The highest BCUT2D eigenvalue weighted by atomic mass is 32.2. The van der Waals surface area contributed by atoms with Crippen molar-refractivity contribution in [3.05, 3.63) is 12.2 Å². The summed E-state index contributed by atoms with van der Waals surface area (Å²) < 4.78 is 5.17. The zero-order valence-electron chi connectivity index (χ0n) is 8.31. The molecule has 1 aliphatic carbocycles. The lowest BCUT2D eigenvalue weighted by Gasteiger charge is -2.17. The van der Waals surface area contributed by atoms with E-state index in [-0.39, 0.29) is 17.5 Å². The molecular weight excluding hydrogens is 200 g/mol. The smallest absolute Gasteiger partial charge is 0.367 e. The average Bonchev–Trinajstić information content (AvgIpc) is 2.14. The Morgan fingerprint density at radius 1 is 1.57 bits per heavy atom. The number of thioether (sulfide) groups is 1. The van der Waals surface area contributed by atoms with Gasteiger partial charge in [0.2, 0.25) is 0 Å². The summed E-state index contributed by atoms with van der Waals surface area (Å²) in [7, 11) is 0. The Balaban J connectivity index is 2.41. The predicted octanol–water partition coefficient (Wildman–Crippen LogP) is 2.35. The van der Waals surface area contributed by atoms with Crippen LogP contribution < -0.4 is 0 Å². The summed E-state index contributed by atoms with van der Waals surface area (Å²) >= 11 is 1.09. The Kier molecular flexibility index (Phi) is 5.04. The van der Waals surface area contributed by atoms with E-state index in [1.807, 2.05) is 12.2 Å². The van der Waals surface area contributed by atoms with Gasteiger partial charge in [-0.3, -0.25) is 0 Å². The van der Waals surface area contributed by atoms with Gasteiger partial charge in [0.05, 0.1) is 6.10 Å². The molecule has 4 heteroatoms. The molecule has 0 aromatic heterocycles. The predicted molar refractivity (Wildman–Crippen MR) is 57.4 cm³/mol. The third kappa shape index (κ3) is 4.15. The Hall–Kier alpha value is -0.480. The summed E-state index contributed by atoms with van der Waals surface area (Å²) in [4.78, 5) is 11.0. The minimum absolute atomic E-state index is 0.109. The van der Waals surface area contributed by atoms with Crippen molar-refractivity contribution in [3.8, 4) is 0 Å². The molecule has 0 aromatic carbocycles. The van der Waals surface area contributed by atoms with Gasteiger partial charge in [0.15, 0.2) is 0 Å². The molecule has 1 aliphatic rings. The normalized spacial score (nSPS) is 27.9. The SMILES string of the molecule is CSC(=O)OC1C=CCC(O)CCC1. The highest BCUT2D eigenvalue weighted by Crippen LogP contribution is 2.16. The van der Waals surface area contributed by atoms with Crippen LogP contribution in [0.15, 0.2) is 12.2 Å². The average molecular weight is 216 g/mol. The molecule has 0 bridgehead atoms. The molecule has 0 aromatic rings. The molecule has 0 aliphatic heterocycles. The molecule has 0 amide bonds. The van der Waals surface area contributed by atoms with E-state index in [1.54, 1.807) is 6.26 Å². The zero-order chi connectivity index (χ0) is 10.4. The first kappa shape index (κ1) is 11.6. The molecular formula is C10H16O3S. The molecule has 1 rings (SSSR count). The maximum atomic E-state index is 11.0. The summed E-state index contributed by atoms with van der Waals surface area (Å²) in [6.07, 6.45) is 8.28. The topological polar surface area (TPSA) is 46.5 Å². The molecule has 80 valence electrons. The van der Waals surface area contributed by atoms with Gasteiger partial charge in [-0.05, 0) is 49.8 Å². The van der Waals surface area contributed by atoms with Crippen molar-refractivity contribution in [2.24, 2.45) is 0 Å². The van der Waals surface area contributed by atoms with Crippen LogP contribution in [0.1, 0.15) is 25.7 Å². The van der Waals surface area contributed by atoms with Crippen LogP contribution >= 0.6 is 11.8 Å². The van der Waals surface area contributed by atoms with Crippen molar-refractivity contribution in [1.82, 2.24) is 0 Å². The third-order valence-electron chi connectivity index (χ3n) is 2.20. The van der Waals surface area contributed by atoms with Gasteiger partial charge in [-0.15, -0.1) is 0 Å². The molecule has 2 atom stereocenters. The quantitative estimate of drug-likeness (QED) is 0.540. The van der Waals surface area contributed by atoms with Crippen LogP contribution in [-0.4, -0.2) is 28.9 Å². The van der Waals surface area contributed by atoms with E-state index in [9.17, 15) is 9.90 Å². The summed E-state index contributed by atoms with van der Waals surface area (Å²) in [5.41, 5.74) is 0. The Morgan fingerprint density at radius 3 is 3.07 bits per heavy atom. The van der Waals surface area contributed by atoms with Crippen LogP contribution in [0.3, 0.4) is 0 Å². The lowest BCUT2D eigenvalue weighted by atomic mass is 10.0. The zero-order valence-corrected chi connectivity index (χ0v) is 9.13. The van der Waals surface area contributed by atoms with Gasteiger partial charge in [-0.1, -0.05) is 6.08 Å². The largest absolute Gasteiger partial charge is 0.450 e. The van der Waals surface area contributed by atoms with Gasteiger partial charge in [0.25, 0.3) is 0 Å². The minimum atomic E-state index is -0.235. The molecule has 0 radical (unpaired) electrons. The van der Waals surface area contributed by atoms with E-state index in [0.29, 0.717) is 6.42 Å². The maximum Gasteiger partial charge on any atom is 0.367 e. The van der Waals surface area contributed by atoms with Crippen molar-refractivity contribution >= 4 is 17.1 Å². The van der Waals surface area contributed by atoms with E-state index >= 15 is 0 Å². The van der Waals surface area contributed by atoms with Gasteiger partial charge in [0, 0.05) is 0 Å². The molecule has 0 spiro atoms. The van der Waals surface area contributed by atoms with Crippen molar-refractivity contribution in [2.75, 3.05) is 6.26 Å². The Bertz CT molecular complexity index is 215. The lowest BCUT2D eigenvalue weighted by molar-refractivity contribution is 0.125. The van der Waals surface area contributed by atoms with Crippen LogP contribution in [0.4, 0.5) is 4.79 Å². The molecule has 0 saturated carbocycles. The molecule has 3 nitrogen and oxygen atoms in total. The fourth-order valence-corrected chi connectivity index (χ4v) is 1.65. The number of aliphatic hydroxyl groups is 1. The van der Waals surface area contributed by atoms with E-state index in [4.69, 9.17) is 4.74 Å². The monoisotopic (exact) mass is 216 g/mol. The second kappa shape index (κ2) is 6.09. The standard InChI is InChI=1S/C10H16O3S/c1-14-10(12)13-9-6-2-4-8(11)5-3-7-9/h2,6,8-9,11H,3-5,7H2,1H3. The maximum absolute atomic E-state index is 11.0. The molecule has 0 heterocycles. The highest BCUT2D eigenvalue weighted by Gasteiger charge is 2.14. The first-order valence-corrected chi connectivity index (χ1v) is 6.04. The van der Waals surface area contributed by atoms with Gasteiger partial charge in [0.1, 0.15) is 6.10 Å². The second-order valence-electron chi connectivity index (χ2n) is 3.36. The number of aliphatic hydroxyl groups excluding tert-OH is 1. The van der Waals surface area contributed by atoms with Crippen molar-refractivity contribution in [2.45, 2.75) is 37.9 Å². The fraction of sp³-hybridized carbons (Fsp3) is 0.700. The summed E-state index contributed by atoms with van der Waals surface area (Å²) in [6, 6.07) is 0. The highest BCUT2D eigenvalue weighted by molar-refractivity contribution is 8.12. The molecule has 1 N–H and O–H groups in total. The van der Waals surface area contributed by atoms with E-state index < -0.39 is 0 Å². The van der Waals surface area contributed by atoms with Crippen molar-refractivity contribution < 1.29 is 14.6 Å². The lowest BCUT2D eigenvalue weighted by Crippen LogP contribution is -2.16. The van der Waals surface area contributed by atoms with Crippen LogP contribution in [-0.2, 0) is 4.74 Å². The number of ether oxygens (including phenoxy) is 1. The number of rotatable bonds is 1. The summed E-state index contributed by atoms with van der Waals surface area (Å²) in [5.74, 6) is 0. The number of carbonyl (C=O) groups is 1. The van der Waals surface area contributed by atoms with E-state index in [0.717, 1.165) is 31.0 Å². The van der Waals surface area contributed by atoms with Gasteiger partial charge in [-0.2, -0.15) is 0 Å². The van der Waals surface area contributed by atoms with E-state index in [2.05, 4.69) is 0 Å². The van der Waals surface area contributed by atoms with Crippen molar-refractivity contribution in [1.29, 1.82) is 0 Å². The fourth-order valence-electron chi connectivity index (χ4n) is 1.43. The van der Waals surface area contributed by atoms with Crippen LogP contribution in [0.2, 0.25) is 0 Å². The first-order chi connectivity index (χ1) is 6.72. The molecule has 2 unspecified atom stereocenters. The van der Waals surface area contributed by atoms with Crippen LogP contribution in [0.25, 0.3) is 0 Å². The molecule has 0 fully saturated rings. The number of carbonyl (C=O) groups excluding carboxylic acids is 1. The Labute approximate surface area is 88.5 Å². The van der Waals surface area contributed by atoms with Crippen LogP contribution in [0, 0.1) is 0 Å².